The number of aryl methyl sites for hydroxylation is 2. The molecule has 0 bridgehead atoms. The van der Waals surface area contributed by atoms with Gasteiger partial charge in [-0.25, -0.2) is 4.79 Å². The molecule has 0 unspecified atom stereocenters. The SMILES string of the molecule is CCOC(=O)c1c(N)sc(CN(C)C)c1-c1ccc(C)c(C)c1. The first-order valence-corrected chi connectivity index (χ1v) is 8.47. The fraction of sp³-hybridized carbons (Fsp3) is 0.389. The molecule has 1 aromatic carbocycles. The van der Waals surface area contributed by atoms with Gasteiger partial charge in [-0.15, -0.1) is 11.3 Å². The molecule has 23 heavy (non-hydrogen) atoms. The molecule has 0 saturated heterocycles. The number of carbonyl (C=O) groups excluding carboxylic acids is 1. The van der Waals surface area contributed by atoms with E-state index in [0.29, 0.717) is 17.2 Å². The number of nitrogen functional groups attached to an aromatic ring is 1. The van der Waals surface area contributed by atoms with E-state index in [1.165, 1.54) is 22.5 Å². The molecular weight excluding hydrogens is 308 g/mol. The largest absolute Gasteiger partial charge is 0.462 e. The molecule has 5 heteroatoms. The zero-order valence-corrected chi connectivity index (χ0v) is 15.2. The van der Waals surface area contributed by atoms with Crippen LogP contribution >= 0.6 is 11.3 Å². The van der Waals surface area contributed by atoms with Gasteiger partial charge in [0.2, 0.25) is 0 Å². The molecule has 1 aromatic heterocycles. The van der Waals surface area contributed by atoms with Gasteiger partial charge >= 0.3 is 5.97 Å². The first kappa shape index (κ1) is 17.5. The molecule has 0 aliphatic rings. The number of esters is 1. The average molecular weight is 332 g/mol. The maximum atomic E-state index is 12.4. The fourth-order valence-corrected chi connectivity index (χ4v) is 3.70. The predicted molar refractivity (Wildman–Crippen MR) is 97.0 cm³/mol. The maximum Gasteiger partial charge on any atom is 0.341 e. The Bertz CT molecular complexity index is 720. The van der Waals surface area contributed by atoms with E-state index in [1.807, 2.05) is 20.2 Å². The Morgan fingerprint density at radius 3 is 2.52 bits per heavy atom. The second-order valence-electron chi connectivity index (χ2n) is 5.90. The van der Waals surface area contributed by atoms with E-state index in [1.54, 1.807) is 6.92 Å². The lowest BCUT2D eigenvalue weighted by Gasteiger charge is -2.13. The summed E-state index contributed by atoms with van der Waals surface area (Å²) >= 11 is 1.46. The van der Waals surface area contributed by atoms with Gasteiger partial charge in [-0.1, -0.05) is 18.2 Å². The van der Waals surface area contributed by atoms with Crippen LogP contribution in [0.3, 0.4) is 0 Å². The van der Waals surface area contributed by atoms with E-state index >= 15 is 0 Å². The van der Waals surface area contributed by atoms with Crippen LogP contribution < -0.4 is 5.73 Å². The number of benzene rings is 1. The summed E-state index contributed by atoms with van der Waals surface area (Å²) < 4.78 is 5.22. The van der Waals surface area contributed by atoms with Crippen molar-refractivity contribution in [1.29, 1.82) is 0 Å². The summed E-state index contributed by atoms with van der Waals surface area (Å²) in [6, 6.07) is 6.23. The normalized spacial score (nSPS) is 11.0. The standard InChI is InChI=1S/C18H24N2O2S/c1-6-22-18(21)16-15(13-8-7-11(2)12(3)9-13)14(10-20(4)5)23-17(16)19/h7-9H,6,10,19H2,1-5H3. The van der Waals surface area contributed by atoms with E-state index in [-0.39, 0.29) is 5.97 Å². The number of thiophene rings is 1. The molecule has 0 atom stereocenters. The minimum absolute atomic E-state index is 0.337. The number of nitrogens with zero attached hydrogens (tertiary/aromatic N) is 1. The number of nitrogens with two attached hydrogens (primary N) is 1. The van der Waals surface area contributed by atoms with Crippen LogP contribution in [0.2, 0.25) is 0 Å². The van der Waals surface area contributed by atoms with Crippen molar-refractivity contribution in [3.05, 3.63) is 39.8 Å². The topological polar surface area (TPSA) is 55.6 Å². The molecule has 0 spiro atoms. The molecule has 0 saturated carbocycles. The highest BCUT2D eigenvalue weighted by molar-refractivity contribution is 7.17. The van der Waals surface area contributed by atoms with Gasteiger partial charge in [0.05, 0.1) is 6.61 Å². The van der Waals surface area contributed by atoms with Gasteiger partial charge in [-0.05, 0) is 51.6 Å². The maximum absolute atomic E-state index is 12.4. The summed E-state index contributed by atoms with van der Waals surface area (Å²) in [6.07, 6.45) is 0. The quantitative estimate of drug-likeness (QED) is 0.845. The number of hydrogen-bond donors (Lipinski definition) is 1. The molecule has 2 N–H and O–H groups in total. The molecular formula is C18H24N2O2S. The van der Waals surface area contributed by atoms with Crippen molar-refractivity contribution < 1.29 is 9.53 Å². The van der Waals surface area contributed by atoms with Crippen LogP contribution in [0.1, 0.15) is 33.3 Å². The van der Waals surface area contributed by atoms with E-state index in [4.69, 9.17) is 10.5 Å². The highest BCUT2D eigenvalue weighted by Gasteiger charge is 2.24. The van der Waals surface area contributed by atoms with Gasteiger partial charge in [-0.2, -0.15) is 0 Å². The Labute approximate surface area is 141 Å². The summed E-state index contributed by atoms with van der Waals surface area (Å²) in [5.41, 5.74) is 11.0. The summed E-state index contributed by atoms with van der Waals surface area (Å²) in [4.78, 5) is 15.6. The molecule has 124 valence electrons. The first-order chi connectivity index (χ1) is 10.8. The van der Waals surface area contributed by atoms with Gasteiger partial charge in [0, 0.05) is 17.0 Å². The monoisotopic (exact) mass is 332 g/mol. The van der Waals surface area contributed by atoms with Crippen molar-refractivity contribution in [2.45, 2.75) is 27.3 Å². The van der Waals surface area contributed by atoms with Crippen molar-refractivity contribution in [2.75, 3.05) is 26.4 Å². The predicted octanol–water partition coefficient (Wildman–Crippen LogP) is 3.85. The van der Waals surface area contributed by atoms with Crippen LogP contribution in [0, 0.1) is 13.8 Å². The van der Waals surface area contributed by atoms with E-state index in [0.717, 1.165) is 22.5 Å². The third kappa shape index (κ3) is 3.74. The third-order valence-electron chi connectivity index (χ3n) is 3.74. The lowest BCUT2D eigenvalue weighted by molar-refractivity contribution is 0.0529. The van der Waals surface area contributed by atoms with Crippen molar-refractivity contribution >= 4 is 22.3 Å². The van der Waals surface area contributed by atoms with Gasteiger partial charge < -0.3 is 15.4 Å². The molecule has 4 nitrogen and oxygen atoms in total. The number of hydrogen-bond acceptors (Lipinski definition) is 5. The smallest absolute Gasteiger partial charge is 0.341 e. The van der Waals surface area contributed by atoms with Crippen molar-refractivity contribution in [1.82, 2.24) is 4.90 Å². The second-order valence-corrected chi connectivity index (χ2v) is 7.03. The summed E-state index contributed by atoms with van der Waals surface area (Å²) in [5, 5.41) is 0.522. The zero-order chi connectivity index (χ0) is 17.1. The van der Waals surface area contributed by atoms with Gasteiger partial charge in [0.1, 0.15) is 10.6 Å². The van der Waals surface area contributed by atoms with Gasteiger partial charge in [0.15, 0.2) is 0 Å². The zero-order valence-electron chi connectivity index (χ0n) is 14.4. The van der Waals surface area contributed by atoms with Crippen molar-refractivity contribution in [3.8, 4) is 11.1 Å². The number of carbonyl (C=O) groups is 1. The Balaban J connectivity index is 2.65. The molecule has 2 aromatic rings. The molecule has 0 radical (unpaired) electrons. The molecule has 1 heterocycles. The number of anilines is 1. The van der Waals surface area contributed by atoms with Crippen LogP contribution in [0.5, 0.6) is 0 Å². The summed E-state index contributed by atoms with van der Waals surface area (Å²) in [5.74, 6) is -0.348. The van der Waals surface area contributed by atoms with Gasteiger partial charge in [0.25, 0.3) is 0 Å². The van der Waals surface area contributed by atoms with Crippen LogP contribution in [-0.4, -0.2) is 31.6 Å². The van der Waals surface area contributed by atoms with E-state index < -0.39 is 0 Å². The van der Waals surface area contributed by atoms with Crippen molar-refractivity contribution in [2.24, 2.45) is 0 Å². The van der Waals surface area contributed by atoms with E-state index in [2.05, 4.69) is 30.9 Å². The van der Waals surface area contributed by atoms with Crippen LogP contribution in [0.25, 0.3) is 11.1 Å². The van der Waals surface area contributed by atoms with Gasteiger partial charge in [-0.3, -0.25) is 0 Å². The summed E-state index contributed by atoms with van der Waals surface area (Å²) in [7, 11) is 4.01. The molecule has 0 aliphatic carbocycles. The minimum Gasteiger partial charge on any atom is -0.462 e. The average Bonchev–Trinajstić information content (AvgIpc) is 2.77. The fourth-order valence-electron chi connectivity index (χ4n) is 2.50. The second kappa shape index (κ2) is 7.15. The van der Waals surface area contributed by atoms with E-state index in [9.17, 15) is 4.79 Å². The van der Waals surface area contributed by atoms with Crippen molar-refractivity contribution in [3.63, 3.8) is 0 Å². The molecule has 0 amide bonds. The molecule has 0 fully saturated rings. The molecule has 2 rings (SSSR count). The Morgan fingerprint density at radius 2 is 1.96 bits per heavy atom. The highest BCUT2D eigenvalue weighted by atomic mass is 32.1. The highest BCUT2D eigenvalue weighted by Crippen LogP contribution is 2.40. The minimum atomic E-state index is -0.348. The number of ether oxygens (including phenoxy) is 1. The Hall–Kier alpha value is -1.85. The number of rotatable bonds is 5. The summed E-state index contributed by atoms with van der Waals surface area (Å²) in [6.45, 7) is 7.02. The third-order valence-corrected chi connectivity index (χ3v) is 4.75. The lowest BCUT2D eigenvalue weighted by atomic mass is 9.97. The lowest BCUT2D eigenvalue weighted by Crippen LogP contribution is -2.11. The van der Waals surface area contributed by atoms with Crippen LogP contribution in [-0.2, 0) is 11.3 Å². The Kier molecular flexibility index (Phi) is 5.44. The first-order valence-electron chi connectivity index (χ1n) is 7.65. The Morgan fingerprint density at radius 1 is 1.26 bits per heavy atom. The van der Waals surface area contributed by atoms with Crippen LogP contribution in [0.15, 0.2) is 18.2 Å². The van der Waals surface area contributed by atoms with Crippen LogP contribution in [0.4, 0.5) is 5.00 Å². The molecule has 0 aliphatic heterocycles.